The second kappa shape index (κ2) is 8.02. The van der Waals surface area contributed by atoms with Crippen LogP contribution < -0.4 is 16.0 Å². The monoisotopic (exact) mass is 386 g/mol. The summed E-state index contributed by atoms with van der Waals surface area (Å²) in [7, 11) is 1.78. The van der Waals surface area contributed by atoms with E-state index in [-0.39, 0.29) is 0 Å². The van der Waals surface area contributed by atoms with E-state index in [9.17, 15) is 4.79 Å². The van der Waals surface area contributed by atoms with Gasteiger partial charge in [-0.2, -0.15) is 5.10 Å². The number of anilines is 3. The molecule has 29 heavy (non-hydrogen) atoms. The number of carbonyl (C=O) groups is 1. The first kappa shape index (κ1) is 18.5. The highest BCUT2D eigenvalue weighted by molar-refractivity contribution is 6.05. The molecule has 7 heteroatoms. The number of fused-ring (bicyclic) bond motifs is 1. The van der Waals surface area contributed by atoms with Crippen LogP contribution in [0.25, 0.3) is 10.9 Å². The summed E-state index contributed by atoms with van der Waals surface area (Å²) in [5, 5.41) is 8.22. The maximum atomic E-state index is 12.1. The van der Waals surface area contributed by atoms with Crippen molar-refractivity contribution in [1.29, 1.82) is 0 Å². The van der Waals surface area contributed by atoms with Gasteiger partial charge in [-0.1, -0.05) is 42.5 Å². The summed E-state index contributed by atoms with van der Waals surface area (Å²) in [6.07, 6.45) is 4.52. The van der Waals surface area contributed by atoms with Crippen LogP contribution in [0.1, 0.15) is 11.1 Å². The third-order valence-electron chi connectivity index (χ3n) is 4.81. The summed E-state index contributed by atoms with van der Waals surface area (Å²) >= 11 is 0. The molecule has 0 bridgehead atoms. The Hall–Kier alpha value is -3.87. The lowest BCUT2D eigenvalue weighted by atomic mass is 10.1. The SMILES string of the molecule is CNc1c(N)nc2ccccc2c1N(C=O)Cc1cccc(Cn2cccn2)c1. The Morgan fingerprint density at radius 1 is 1.14 bits per heavy atom. The smallest absolute Gasteiger partial charge is 0.214 e. The number of nitrogens with one attached hydrogen (secondary N) is 1. The topological polar surface area (TPSA) is 89.1 Å². The van der Waals surface area contributed by atoms with Crippen molar-refractivity contribution in [3.05, 3.63) is 78.1 Å². The van der Waals surface area contributed by atoms with Gasteiger partial charge in [-0.15, -0.1) is 0 Å². The molecule has 0 saturated carbocycles. The average molecular weight is 386 g/mol. The molecule has 7 nitrogen and oxygen atoms in total. The summed E-state index contributed by atoms with van der Waals surface area (Å²) < 4.78 is 1.87. The second-order valence-electron chi connectivity index (χ2n) is 6.74. The molecule has 0 atom stereocenters. The molecule has 146 valence electrons. The van der Waals surface area contributed by atoms with Gasteiger partial charge < -0.3 is 16.0 Å². The van der Waals surface area contributed by atoms with Crippen LogP contribution >= 0.6 is 0 Å². The van der Waals surface area contributed by atoms with Gasteiger partial charge in [0.25, 0.3) is 0 Å². The number of benzene rings is 2. The quantitative estimate of drug-likeness (QED) is 0.476. The second-order valence-corrected chi connectivity index (χ2v) is 6.74. The van der Waals surface area contributed by atoms with Crippen molar-refractivity contribution < 1.29 is 4.79 Å². The van der Waals surface area contributed by atoms with Crippen LogP contribution in [0.15, 0.2) is 67.0 Å². The third-order valence-corrected chi connectivity index (χ3v) is 4.81. The van der Waals surface area contributed by atoms with Crippen molar-refractivity contribution in [3.8, 4) is 0 Å². The Morgan fingerprint density at radius 2 is 1.97 bits per heavy atom. The number of carbonyl (C=O) groups excluding carboxylic acids is 1. The van der Waals surface area contributed by atoms with Crippen molar-refractivity contribution in [1.82, 2.24) is 14.8 Å². The molecular formula is C22H22N6O. The molecule has 0 aliphatic carbocycles. The molecule has 0 spiro atoms. The Labute approximate surface area is 168 Å². The van der Waals surface area contributed by atoms with Gasteiger partial charge in [-0.3, -0.25) is 9.48 Å². The molecule has 0 aliphatic rings. The van der Waals surface area contributed by atoms with E-state index in [0.29, 0.717) is 24.6 Å². The molecule has 2 aromatic heterocycles. The molecule has 4 aromatic rings. The van der Waals surface area contributed by atoms with Gasteiger partial charge in [0, 0.05) is 24.8 Å². The molecule has 1 amide bonds. The highest BCUT2D eigenvalue weighted by Gasteiger charge is 2.18. The Bertz CT molecular complexity index is 1140. The number of hydrogen-bond donors (Lipinski definition) is 2. The van der Waals surface area contributed by atoms with Crippen LogP contribution in [-0.4, -0.2) is 28.2 Å². The zero-order chi connectivity index (χ0) is 20.2. The van der Waals surface area contributed by atoms with Gasteiger partial charge >= 0.3 is 0 Å². The van der Waals surface area contributed by atoms with Gasteiger partial charge in [-0.25, -0.2) is 4.98 Å². The van der Waals surface area contributed by atoms with Gasteiger partial charge in [0.1, 0.15) is 11.5 Å². The van der Waals surface area contributed by atoms with Crippen LogP contribution in [-0.2, 0) is 17.9 Å². The first-order valence-electron chi connectivity index (χ1n) is 9.32. The molecule has 2 aromatic carbocycles. The van der Waals surface area contributed by atoms with Gasteiger partial charge in [0.15, 0.2) is 0 Å². The van der Waals surface area contributed by atoms with Crippen molar-refractivity contribution >= 4 is 34.5 Å². The molecule has 0 unspecified atom stereocenters. The minimum absolute atomic E-state index is 0.362. The van der Waals surface area contributed by atoms with E-state index >= 15 is 0 Å². The maximum Gasteiger partial charge on any atom is 0.214 e. The van der Waals surface area contributed by atoms with E-state index in [1.165, 1.54) is 0 Å². The number of para-hydroxylation sites is 1. The normalized spacial score (nSPS) is 10.8. The number of nitrogens with two attached hydrogens (primary N) is 1. The molecule has 3 N–H and O–H groups in total. The number of aromatic nitrogens is 3. The van der Waals surface area contributed by atoms with Crippen molar-refractivity contribution in [2.24, 2.45) is 0 Å². The predicted molar refractivity (Wildman–Crippen MR) is 116 cm³/mol. The highest BCUT2D eigenvalue weighted by Crippen LogP contribution is 2.37. The van der Waals surface area contributed by atoms with E-state index in [1.807, 2.05) is 53.3 Å². The summed E-state index contributed by atoms with van der Waals surface area (Å²) in [6, 6.07) is 17.7. The van der Waals surface area contributed by atoms with Gasteiger partial charge in [0.2, 0.25) is 6.41 Å². The predicted octanol–water partition coefficient (Wildman–Crippen LogP) is 3.27. The van der Waals surface area contributed by atoms with Gasteiger partial charge in [0.05, 0.1) is 24.3 Å². The standard InChI is InChI=1S/C22H22N6O/c1-24-20-21(18-8-2-3-9-19(18)26-22(20)23)27(15-29)13-16-6-4-7-17(12-16)14-28-11-5-10-25-28/h2-12,15,24H,13-14H2,1H3,(H2,23,26). The number of amides is 1. The Kier molecular flexibility index (Phi) is 5.11. The lowest BCUT2D eigenvalue weighted by Gasteiger charge is -2.24. The number of nitrogen functional groups attached to an aromatic ring is 1. The molecule has 0 radical (unpaired) electrons. The van der Waals surface area contributed by atoms with Crippen LogP contribution in [0, 0.1) is 0 Å². The van der Waals surface area contributed by atoms with Crippen molar-refractivity contribution in [2.45, 2.75) is 13.1 Å². The van der Waals surface area contributed by atoms with Crippen LogP contribution in [0.4, 0.5) is 17.2 Å². The molecule has 4 rings (SSSR count). The van der Waals surface area contributed by atoms with Crippen LogP contribution in [0.5, 0.6) is 0 Å². The van der Waals surface area contributed by atoms with Gasteiger partial charge in [-0.05, 0) is 23.3 Å². The molecule has 2 heterocycles. The fraction of sp³-hybridized carbons (Fsp3) is 0.136. The van der Waals surface area contributed by atoms with Crippen LogP contribution in [0.3, 0.4) is 0 Å². The first-order valence-corrected chi connectivity index (χ1v) is 9.32. The number of hydrogen-bond acceptors (Lipinski definition) is 5. The molecular weight excluding hydrogens is 364 g/mol. The zero-order valence-electron chi connectivity index (χ0n) is 16.1. The summed E-state index contributed by atoms with van der Waals surface area (Å²) in [5.74, 6) is 0.362. The van der Waals surface area contributed by atoms with E-state index < -0.39 is 0 Å². The summed E-state index contributed by atoms with van der Waals surface area (Å²) in [6.45, 7) is 1.09. The minimum Gasteiger partial charge on any atom is -0.383 e. The zero-order valence-corrected chi connectivity index (χ0v) is 16.1. The third kappa shape index (κ3) is 3.75. The van der Waals surface area contributed by atoms with E-state index in [2.05, 4.69) is 27.5 Å². The van der Waals surface area contributed by atoms with E-state index in [4.69, 9.17) is 5.73 Å². The lowest BCUT2D eigenvalue weighted by Crippen LogP contribution is -2.22. The molecule has 0 saturated heterocycles. The summed E-state index contributed by atoms with van der Waals surface area (Å²) in [5.41, 5.74) is 10.4. The maximum absolute atomic E-state index is 12.1. The van der Waals surface area contributed by atoms with Crippen molar-refractivity contribution in [2.75, 3.05) is 23.0 Å². The Balaban J connectivity index is 1.71. The average Bonchev–Trinajstić information content (AvgIpc) is 3.24. The molecule has 0 fully saturated rings. The van der Waals surface area contributed by atoms with E-state index in [1.54, 1.807) is 18.1 Å². The fourth-order valence-electron chi connectivity index (χ4n) is 3.53. The first-order chi connectivity index (χ1) is 14.2. The number of rotatable bonds is 7. The lowest BCUT2D eigenvalue weighted by molar-refractivity contribution is -0.107. The fourth-order valence-corrected chi connectivity index (χ4v) is 3.53. The summed E-state index contributed by atoms with van der Waals surface area (Å²) in [4.78, 5) is 18.2. The largest absolute Gasteiger partial charge is 0.383 e. The van der Waals surface area contributed by atoms with Crippen LogP contribution in [0.2, 0.25) is 0 Å². The van der Waals surface area contributed by atoms with Crippen molar-refractivity contribution in [3.63, 3.8) is 0 Å². The number of nitrogens with zero attached hydrogens (tertiary/aromatic N) is 4. The Morgan fingerprint density at radius 3 is 2.72 bits per heavy atom. The minimum atomic E-state index is 0.362. The number of pyridine rings is 1. The highest BCUT2D eigenvalue weighted by atomic mass is 16.1. The van der Waals surface area contributed by atoms with E-state index in [0.717, 1.165) is 34.1 Å². The molecule has 0 aliphatic heterocycles.